The van der Waals surface area contributed by atoms with Crippen LogP contribution in [-0.4, -0.2) is 37.3 Å². The second-order valence-corrected chi connectivity index (χ2v) is 5.09. The van der Waals surface area contributed by atoms with Crippen LogP contribution in [0, 0.1) is 11.6 Å². The minimum Gasteiger partial charge on any atom is -0.314 e. The van der Waals surface area contributed by atoms with Crippen molar-refractivity contribution in [2.45, 2.75) is 25.1 Å². The molecular formula is C14H18ClF5N2. The van der Waals surface area contributed by atoms with Crippen molar-refractivity contribution in [1.82, 2.24) is 10.2 Å². The molecule has 2 nitrogen and oxygen atoms in total. The van der Waals surface area contributed by atoms with Gasteiger partial charge in [0.05, 0.1) is 0 Å². The van der Waals surface area contributed by atoms with Crippen molar-refractivity contribution in [3.8, 4) is 0 Å². The van der Waals surface area contributed by atoms with Gasteiger partial charge in [-0.05, 0) is 18.6 Å². The molecule has 1 atom stereocenters. The number of nitrogens with zero attached hydrogens (tertiary/aromatic N) is 1. The first-order valence-corrected chi connectivity index (χ1v) is 6.84. The van der Waals surface area contributed by atoms with E-state index in [0.717, 1.165) is 12.1 Å². The topological polar surface area (TPSA) is 15.3 Å². The summed E-state index contributed by atoms with van der Waals surface area (Å²) < 4.78 is 65.3. The third-order valence-corrected chi connectivity index (χ3v) is 3.63. The van der Waals surface area contributed by atoms with Gasteiger partial charge >= 0.3 is 6.18 Å². The third kappa shape index (κ3) is 5.07. The lowest BCUT2D eigenvalue weighted by atomic mass is 9.98. The normalized spacial score (nSPS) is 17.9. The number of rotatable bonds is 4. The maximum absolute atomic E-state index is 13.9. The van der Waals surface area contributed by atoms with Gasteiger partial charge in [0.1, 0.15) is 11.6 Å². The summed E-state index contributed by atoms with van der Waals surface area (Å²) in [7, 11) is 0. The molecule has 1 heterocycles. The van der Waals surface area contributed by atoms with E-state index in [-0.39, 0.29) is 24.4 Å². The molecule has 0 aliphatic carbocycles. The van der Waals surface area contributed by atoms with Crippen molar-refractivity contribution in [1.29, 1.82) is 0 Å². The van der Waals surface area contributed by atoms with Gasteiger partial charge in [0.25, 0.3) is 0 Å². The van der Waals surface area contributed by atoms with Gasteiger partial charge < -0.3 is 5.32 Å². The Hall–Kier alpha value is -0.920. The van der Waals surface area contributed by atoms with E-state index in [9.17, 15) is 22.0 Å². The van der Waals surface area contributed by atoms with Gasteiger partial charge in [-0.1, -0.05) is 6.07 Å². The first-order chi connectivity index (χ1) is 9.88. The lowest BCUT2D eigenvalue weighted by Crippen LogP contribution is -2.45. The molecular weight excluding hydrogens is 327 g/mol. The van der Waals surface area contributed by atoms with Crippen molar-refractivity contribution < 1.29 is 22.0 Å². The quantitative estimate of drug-likeness (QED) is 0.838. The van der Waals surface area contributed by atoms with E-state index in [2.05, 4.69) is 5.32 Å². The van der Waals surface area contributed by atoms with Crippen LogP contribution in [0.2, 0.25) is 0 Å². The molecule has 0 saturated carbocycles. The second-order valence-electron chi connectivity index (χ2n) is 5.09. The van der Waals surface area contributed by atoms with E-state index in [1.165, 1.54) is 6.07 Å². The van der Waals surface area contributed by atoms with Crippen molar-refractivity contribution >= 4 is 12.4 Å². The molecule has 8 heteroatoms. The van der Waals surface area contributed by atoms with Crippen molar-refractivity contribution in [2.24, 2.45) is 0 Å². The van der Waals surface area contributed by atoms with E-state index < -0.39 is 30.3 Å². The Morgan fingerprint density at radius 2 is 1.64 bits per heavy atom. The van der Waals surface area contributed by atoms with Crippen LogP contribution in [0.4, 0.5) is 22.0 Å². The predicted molar refractivity (Wildman–Crippen MR) is 76.1 cm³/mol. The number of alkyl halides is 3. The monoisotopic (exact) mass is 344 g/mol. The summed E-state index contributed by atoms with van der Waals surface area (Å²) >= 11 is 0. The number of hydrogen-bond donors (Lipinski definition) is 1. The molecule has 126 valence electrons. The van der Waals surface area contributed by atoms with Crippen molar-refractivity contribution in [2.75, 3.05) is 26.2 Å². The van der Waals surface area contributed by atoms with E-state index in [1.807, 2.05) is 0 Å². The van der Waals surface area contributed by atoms with E-state index in [0.29, 0.717) is 26.2 Å². The number of halogens is 6. The zero-order chi connectivity index (χ0) is 15.5. The smallest absolute Gasteiger partial charge is 0.314 e. The van der Waals surface area contributed by atoms with Crippen LogP contribution in [0.25, 0.3) is 0 Å². The summed E-state index contributed by atoms with van der Waals surface area (Å²) in [5, 5.41) is 3.07. The number of piperazine rings is 1. The highest BCUT2D eigenvalue weighted by atomic mass is 35.5. The maximum atomic E-state index is 13.9. The Morgan fingerprint density at radius 1 is 1.09 bits per heavy atom. The summed E-state index contributed by atoms with van der Waals surface area (Å²) in [5.74, 6) is -1.58. The lowest BCUT2D eigenvalue weighted by molar-refractivity contribution is -0.138. The highest BCUT2D eigenvalue weighted by Crippen LogP contribution is 2.34. The fourth-order valence-corrected chi connectivity index (χ4v) is 2.63. The first-order valence-electron chi connectivity index (χ1n) is 6.84. The molecule has 0 unspecified atom stereocenters. The fourth-order valence-electron chi connectivity index (χ4n) is 2.63. The minimum atomic E-state index is -4.34. The van der Waals surface area contributed by atoms with E-state index >= 15 is 0 Å². The predicted octanol–water partition coefficient (Wildman–Crippen LogP) is 3.68. The molecule has 0 amide bonds. The zero-order valence-corrected chi connectivity index (χ0v) is 12.6. The van der Waals surface area contributed by atoms with Crippen LogP contribution in [0.1, 0.15) is 24.4 Å². The molecule has 1 fully saturated rings. The molecule has 1 saturated heterocycles. The Bertz CT molecular complexity index is 455. The second kappa shape index (κ2) is 8.08. The Balaban J connectivity index is 0.00000242. The Kier molecular flexibility index (Phi) is 7.02. The summed E-state index contributed by atoms with van der Waals surface area (Å²) in [6.07, 6.45) is -5.75. The third-order valence-electron chi connectivity index (χ3n) is 3.63. The van der Waals surface area contributed by atoms with Crippen molar-refractivity contribution in [3.05, 3.63) is 35.4 Å². The van der Waals surface area contributed by atoms with Crippen LogP contribution in [0.3, 0.4) is 0 Å². The van der Waals surface area contributed by atoms with Gasteiger partial charge in [-0.2, -0.15) is 13.2 Å². The Morgan fingerprint density at radius 3 is 2.14 bits per heavy atom. The summed E-state index contributed by atoms with van der Waals surface area (Å²) in [5.41, 5.74) is -0.261. The molecule has 0 radical (unpaired) electrons. The number of hydrogen-bond acceptors (Lipinski definition) is 2. The molecule has 1 aromatic rings. The van der Waals surface area contributed by atoms with Crippen LogP contribution in [0.5, 0.6) is 0 Å². The SMILES string of the molecule is Cl.Fc1cccc(F)c1[C@H](CCC(F)(F)F)N1CCNCC1. The summed E-state index contributed by atoms with van der Waals surface area (Å²) in [4.78, 5) is 1.71. The van der Waals surface area contributed by atoms with Gasteiger partial charge in [-0.15, -0.1) is 12.4 Å². The molecule has 2 rings (SSSR count). The molecule has 0 aromatic heterocycles. The van der Waals surface area contributed by atoms with Gasteiger partial charge in [-0.25, -0.2) is 8.78 Å². The van der Waals surface area contributed by atoms with Crippen molar-refractivity contribution in [3.63, 3.8) is 0 Å². The van der Waals surface area contributed by atoms with Gasteiger partial charge in [0.2, 0.25) is 0 Å². The highest BCUT2D eigenvalue weighted by Gasteiger charge is 2.33. The van der Waals surface area contributed by atoms with Crippen LogP contribution in [0.15, 0.2) is 18.2 Å². The zero-order valence-electron chi connectivity index (χ0n) is 11.8. The maximum Gasteiger partial charge on any atom is 0.389 e. The van der Waals surface area contributed by atoms with Crippen LogP contribution < -0.4 is 5.32 Å². The van der Waals surface area contributed by atoms with E-state index in [4.69, 9.17) is 0 Å². The average Bonchev–Trinajstić information content (AvgIpc) is 2.42. The summed E-state index contributed by atoms with van der Waals surface area (Å²) in [6.45, 7) is 2.13. The van der Waals surface area contributed by atoms with Gasteiger partial charge in [0.15, 0.2) is 0 Å². The molecule has 0 spiro atoms. The Labute approximate surface area is 132 Å². The van der Waals surface area contributed by atoms with Gasteiger partial charge in [0, 0.05) is 44.2 Å². The molecule has 1 aliphatic rings. The van der Waals surface area contributed by atoms with Crippen LogP contribution >= 0.6 is 12.4 Å². The largest absolute Gasteiger partial charge is 0.389 e. The molecule has 1 N–H and O–H groups in total. The molecule has 0 bridgehead atoms. The van der Waals surface area contributed by atoms with Crippen LogP contribution in [-0.2, 0) is 0 Å². The highest BCUT2D eigenvalue weighted by molar-refractivity contribution is 5.85. The minimum absolute atomic E-state index is 0. The standard InChI is InChI=1S/C14H17F5N2.ClH/c15-10-2-1-3-11(16)13(10)12(4-5-14(17,18)19)21-8-6-20-7-9-21;/h1-3,12,20H,4-9H2;1H/t12-;/m0./s1. The van der Waals surface area contributed by atoms with Gasteiger partial charge in [-0.3, -0.25) is 4.90 Å². The lowest BCUT2D eigenvalue weighted by Gasteiger charge is -2.35. The average molecular weight is 345 g/mol. The molecule has 22 heavy (non-hydrogen) atoms. The summed E-state index contributed by atoms with van der Waals surface area (Å²) in [6, 6.07) is 2.49. The molecule has 1 aromatic carbocycles. The first kappa shape index (κ1) is 19.1. The fraction of sp³-hybridized carbons (Fsp3) is 0.571. The number of benzene rings is 1. The molecule has 1 aliphatic heterocycles. The number of nitrogens with one attached hydrogen (secondary N) is 1. The van der Waals surface area contributed by atoms with E-state index in [1.54, 1.807) is 4.90 Å².